The molecule has 160 valence electrons. The first kappa shape index (κ1) is 21.4. The van der Waals surface area contributed by atoms with E-state index < -0.39 is 12.0 Å². The number of benzene rings is 1. The smallest absolute Gasteiger partial charge is 0.338 e. The van der Waals surface area contributed by atoms with Crippen LogP contribution >= 0.6 is 0 Å². The molecule has 1 atom stereocenters. The fourth-order valence-electron chi connectivity index (χ4n) is 3.18. The van der Waals surface area contributed by atoms with Crippen molar-refractivity contribution >= 4 is 11.9 Å². The zero-order valence-corrected chi connectivity index (χ0v) is 17.7. The lowest BCUT2D eigenvalue weighted by Gasteiger charge is -2.27. The average Bonchev–Trinajstić information content (AvgIpc) is 3.18. The van der Waals surface area contributed by atoms with Crippen molar-refractivity contribution in [1.29, 1.82) is 0 Å². The summed E-state index contributed by atoms with van der Waals surface area (Å²) in [6, 6.07) is 4.97. The Morgan fingerprint density at radius 3 is 2.87 bits per heavy atom. The predicted octanol–water partition coefficient (Wildman–Crippen LogP) is 3.12. The average molecular weight is 413 g/mol. The van der Waals surface area contributed by atoms with E-state index in [1.165, 1.54) is 6.08 Å². The predicted molar refractivity (Wildman–Crippen MR) is 111 cm³/mol. The molecule has 1 aromatic heterocycles. The van der Waals surface area contributed by atoms with Gasteiger partial charge in [0.1, 0.15) is 12.6 Å². The minimum Gasteiger partial charge on any atom is -0.493 e. The molecule has 0 radical (unpaired) electrons. The van der Waals surface area contributed by atoms with Gasteiger partial charge in [-0.3, -0.25) is 0 Å². The molecule has 1 aliphatic heterocycles. The molecule has 0 aliphatic carbocycles. The highest BCUT2D eigenvalue weighted by molar-refractivity contribution is 5.92. The number of nitrogens with one attached hydrogen (secondary N) is 1. The maximum atomic E-state index is 12.8. The molecule has 9 nitrogen and oxygen atoms in total. The Hall–Kier alpha value is -3.36. The summed E-state index contributed by atoms with van der Waals surface area (Å²) in [7, 11) is 1.58. The van der Waals surface area contributed by atoms with Crippen LogP contribution in [0.5, 0.6) is 11.5 Å². The number of ether oxygens (including phenoxy) is 3. The van der Waals surface area contributed by atoms with Crippen LogP contribution < -0.4 is 14.8 Å². The summed E-state index contributed by atoms with van der Waals surface area (Å²) in [5.41, 5.74) is 1.79. The SMILES string of the molecule is C=CCOC(=O)C1=C(C)Nc2nnnn2C1c1ccc(OCCC(C)C)c(OC)c1. The van der Waals surface area contributed by atoms with Crippen molar-refractivity contribution in [3.05, 3.63) is 47.7 Å². The van der Waals surface area contributed by atoms with E-state index in [0.29, 0.717) is 41.2 Å². The largest absolute Gasteiger partial charge is 0.493 e. The number of methoxy groups -OCH3 is 1. The highest BCUT2D eigenvalue weighted by atomic mass is 16.5. The van der Waals surface area contributed by atoms with Crippen LogP contribution in [0.1, 0.15) is 38.8 Å². The second kappa shape index (κ2) is 9.43. The Kier molecular flexibility index (Phi) is 6.71. The lowest BCUT2D eigenvalue weighted by Crippen LogP contribution is -2.29. The fourth-order valence-corrected chi connectivity index (χ4v) is 3.18. The van der Waals surface area contributed by atoms with Crippen LogP contribution in [0.4, 0.5) is 5.95 Å². The van der Waals surface area contributed by atoms with E-state index in [4.69, 9.17) is 14.2 Å². The molecule has 0 saturated heterocycles. The van der Waals surface area contributed by atoms with E-state index in [1.54, 1.807) is 18.7 Å². The summed E-state index contributed by atoms with van der Waals surface area (Å²) in [6.07, 6.45) is 2.46. The summed E-state index contributed by atoms with van der Waals surface area (Å²) in [6.45, 7) is 10.4. The van der Waals surface area contributed by atoms with Crippen LogP contribution in [-0.2, 0) is 9.53 Å². The summed E-state index contributed by atoms with van der Waals surface area (Å²) in [5, 5.41) is 14.8. The third-order valence-electron chi connectivity index (χ3n) is 4.72. The zero-order valence-electron chi connectivity index (χ0n) is 17.7. The van der Waals surface area contributed by atoms with E-state index in [9.17, 15) is 4.79 Å². The van der Waals surface area contributed by atoms with Crippen LogP contribution in [0.15, 0.2) is 42.1 Å². The number of fused-ring (bicyclic) bond motifs is 1. The molecule has 1 N–H and O–H groups in total. The van der Waals surface area contributed by atoms with Gasteiger partial charge in [-0.05, 0) is 47.4 Å². The first-order valence-electron chi connectivity index (χ1n) is 9.80. The number of nitrogens with zero attached hydrogens (tertiary/aromatic N) is 4. The Bertz CT molecular complexity index is 951. The van der Waals surface area contributed by atoms with Crippen molar-refractivity contribution in [2.75, 3.05) is 25.6 Å². The van der Waals surface area contributed by atoms with Gasteiger partial charge in [0, 0.05) is 5.70 Å². The maximum absolute atomic E-state index is 12.8. The molecule has 0 bridgehead atoms. The number of esters is 1. The van der Waals surface area contributed by atoms with E-state index in [2.05, 4.69) is 41.3 Å². The molecule has 30 heavy (non-hydrogen) atoms. The van der Waals surface area contributed by atoms with Crippen LogP contribution in [0.3, 0.4) is 0 Å². The van der Waals surface area contributed by atoms with Crippen molar-refractivity contribution < 1.29 is 19.0 Å². The molecule has 0 spiro atoms. The second-order valence-corrected chi connectivity index (χ2v) is 7.34. The molecular weight excluding hydrogens is 386 g/mol. The van der Waals surface area contributed by atoms with Crippen molar-refractivity contribution in [3.8, 4) is 11.5 Å². The number of anilines is 1. The topological polar surface area (TPSA) is 100 Å². The molecule has 2 heterocycles. The number of carbonyl (C=O) groups excluding carboxylic acids is 1. The third kappa shape index (κ3) is 4.45. The van der Waals surface area contributed by atoms with Crippen molar-refractivity contribution in [1.82, 2.24) is 20.2 Å². The lowest BCUT2D eigenvalue weighted by molar-refractivity contribution is -0.138. The Labute approximate surface area is 175 Å². The molecule has 2 aromatic rings. The van der Waals surface area contributed by atoms with E-state index >= 15 is 0 Å². The number of rotatable bonds is 9. The van der Waals surface area contributed by atoms with Gasteiger partial charge in [0.25, 0.3) is 0 Å². The van der Waals surface area contributed by atoms with Crippen LogP contribution in [0.25, 0.3) is 0 Å². The van der Waals surface area contributed by atoms with Gasteiger partial charge in [0.15, 0.2) is 11.5 Å². The van der Waals surface area contributed by atoms with Gasteiger partial charge in [0.05, 0.1) is 19.3 Å². The number of tetrazole rings is 1. The molecule has 1 aliphatic rings. The van der Waals surface area contributed by atoms with Crippen LogP contribution in [-0.4, -0.2) is 46.5 Å². The number of allylic oxidation sites excluding steroid dienone is 1. The highest BCUT2D eigenvalue weighted by Gasteiger charge is 2.35. The second-order valence-electron chi connectivity index (χ2n) is 7.34. The Balaban J connectivity index is 1.98. The van der Waals surface area contributed by atoms with E-state index in [0.717, 1.165) is 12.0 Å². The van der Waals surface area contributed by atoms with Gasteiger partial charge in [0.2, 0.25) is 5.95 Å². The molecule has 0 amide bonds. The summed E-state index contributed by atoms with van der Waals surface area (Å²) < 4.78 is 18.3. The number of hydrogen-bond donors (Lipinski definition) is 1. The quantitative estimate of drug-likeness (QED) is 0.494. The minimum absolute atomic E-state index is 0.108. The molecule has 1 aromatic carbocycles. The number of hydrogen-bond acceptors (Lipinski definition) is 8. The van der Waals surface area contributed by atoms with Crippen LogP contribution in [0, 0.1) is 5.92 Å². The van der Waals surface area contributed by atoms with Gasteiger partial charge in [-0.25, -0.2) is 4.79 Å². The van der Waals surface area contributed by atoms with Crippen molar-refractivity contribution in [3.63, 3.8) is 0 Å². The Morgan fingerprint density at radius 2 is 2.17 bits per heavy atom. The standard InChI is InChI=1S/C21H27N5O4/c1-6-10-30-20(27)18-14(4)22-21-23-24-25-26(21)19(18)15-7-8-16(17(12-15)28-5)29-11-9-13(2)3/h6-8,12-13,19H,1,9-11H2,2-5H3,(H,22,23,25). The van der Waals surface area contributed by atoms with Gasteiger partial charge >= 0.3 is 5.97 Å². The van der Waals surface area contributed by atoms with E-state index in [-0.39, 0.29) is 6.61 Å². The third-order valence-corrected chi connectivity index (χ3v) is 4.72. The molecule has 0 saturated carbocycles. The molecule has 3 rings (SSSR count). The zero-order chi connectivity index (χ0) is 21.7. The first-order chi connectivity index (χ1) is 14.5. The van der Waals surface area contributed by atoms with Gasteiger partial charge < -0.3 is 19.5 Å². The number of carbonyl (C=O) groups is 1. The molecular formula is C21H27N5O4. The van der Waals surface area contributed by atoms with Crippen LogP contribution in [0.2, 0.25) is 0 Å². The Morgan fingerprint density at radius 1 is 1.37 bits per heavy atom. The molecule has 0 fully saturated rings. The van der Waals surface area contributed by atoms with Gasteiger partial charge in [-0.2, -0.15) is 4.68 Å². The van der Waals surface area contributed by atoms with Crippen molar-refractivity contribution in [2.45, 2.75) is 33.2 Å². The van der Waals surface area contributed by atoms with Gasteiger partial charge in [-0.1, -0.05) is 37.7 Å². The summed E-state index contributed by atoms with van der Waals surface area (Å²) in [5.74, 6) is 1.72. The van der Waals surface area contributed by atoms with E-state index in [1.807, 2.05) is 18.2 Å². The normalized spacial score (nSPS) is 15.4. The maximum Gasteiger partial charge on any atom is 0.338 e. The molecule has 1 unspecified atom stereocenters. The minimum atomic E-state index is -0.577. The number of aromatic nitrogens is 4. The lowest BCUT2D eigenvalue weighted by atomic mass is 9.95. The summed E-state index contributed by atoms with van der Waals surface area (Å²) >= 11 is 0. The summed E-state index contributed by atoms with van der Waals surface area (Å²) in [4.78, 5) is 12.8. The first-order valence-corrected chi connectivity index (χ1v) is 9.80. The van der Waals surface area contributed by atoms with Gasteiger partial charge in [-0.15, -0.1) is 0 Å². The molecule has 9 heteroatoms. The highest BCUT2D eigenvalue weighted by Crippen LogP contribution is 2.38. The van der Waals surface area contributed by atoms with Crippen molar-refractivity contribution in [2.24, 2.45) is 5.92 Å². The fraction of sp³-hybridized carbons (Fsp3) is 0.429. The monoisotopic (exact) mass is 413 g/mol.